The fourth-order valence-corrected chi connectivity index (χ4v) is 8.13. The second kappa shape index (κ2) is 9.36. The van der Waals surface area contributed by atoms with Crippen LogP contribution < -0.4 is 0 Å². The third-order valence-corrected chi connectivity index (χ3v) is 10.1. The topological polar surface area (TPSA) is 35.6 Å². The summed E-state index contributed by atoms with van der Waals surface area (Å²) in [7, 11) is 0. The molecule has 4 heterocycles. The first-order chi connectivity index (χ1) is 22.3. The Morgan fingerprint density at radius 1 is 0.444 bits per heavy atom. The van der Waals surface area contributed by atoms with E-state index in [1.807, 2.05) is 6.07 Å². The second-order valence-electron chi connectivity index (χ2n) is 11.4. The predicted octanol–water partition coefficient (Wildman–Crippen LogP) is 10.7. The van der Waals surface area contributed by atoms with Crippen molar-refractivity contribution >= 4 is 75.3 Å². The molecular formula is C40H24N4S. The highest BCUT2D eigenvalue weighted by Crippen LogP contribution is 2.44. The van der Waals surface area contributed by atoms with E-state index in [0.29, 0.717) is 0 Å². The highest BCUT2D eigenvalue weighted by Gasteiger charge is 2.24. The van der Waals surface area contributed by atoms with Gasteiger partial charge in [0.2, 0.25) is 0 Å². The average molecular weight is 593 g/mol. The van der Waals surface area contributed by atoms with Gasteiger partial charge in [0.15, 0.2) is 11.6 Å². The molecule has 10 aromatic rings. The zero-order chi connectivity index (χ0) is 29.5. The van der Waals surface area contributed by atoms with E-state index < -0.39 is 0 Å². The van der Waals surface area contributed by atoms with Crippen LogP contribution in [-0.4, -0.2) is 19.1 Å². The first kappa shape index (κ1) is 24.6. The molecule has 4 nitrogen and oxygen atoms in total. The van der Waals surface area contributed by atoms with E-state index in [-0.39, 0.29) is 0 Å². The molecular weight excluding hydrogens is 569 g/mol. The number of hydrogen-bond donors (Lipinski definition) is 0. The SMILES string of the molecule is c1ccc(-c2nc(-n3c4ccccc4c4ccc5c6ccccc6n(-c6ccccc6)c5c43)c3sc4ccccc4c3n2)cc1. The van der Waals surface area contributed by atoms with Gasteiger partial charge in [-0.05, 0) is 30.3 Å². The van der Waals surface area contributed by atoms with Gasteiger partial charge in [0.05, 0.1) is 32.3 Å². The molecule has 0 aliphatic heterocycles. The number of fused-ring (bicyclic) bond motifs is 10. The molecule has 0 spiro atoms. The van der Waals surface area contributed by atoms with Crippen LogP contribution in [-0.2, 0) is 0 Å². The third-order valence-electron chi connectivity index (χ3n) is 8.93. The van der Waals surface area contributed by atoms with E-state index in [4.69, 9.17) is 9.97 Å². The number of aromatic nitrogens is 4. The minimum atomic E-state index is 0.725. The summed E-state index contributed by atoms with van der Waals surface area (Å²) < 4.78 is 7.11. The summed E-state index contributed by atoms with van der Waals surface area (Å²) in [6.07, 6.45) is 0. The Kier molecular flexibility index (Phi) is 5.12. The van der Waals surface area contributed by atoms with Crippen molar-refractivity contribution in [2.24, 2.45) is 0 Å². The molecule has 0 N–H and O–H groups in total. The second-order valence-corrected chi connectivity index (χ2v) is 12.5. The smallest absolute Gasteiger partial charge is 0.162 e. The standard InChI is InChI=1S/C40H24N4S/c1-3-13-25(14-4-1)39-41-35-31-19-9-12-22-34(31)45-38(35)40(42-39)44-33-21-11-8-18-28(33)30-24-23-29-27-17-7-10-20-32(27)43(36(29)37(30)44)26-15-5-2-6-16-26/h1-24H. The van der Waals surface area contributed by atoms with Gasteiger partial charge < -0.3 is 4.57 Å². The summed E-state index contributed by atoms with van der Waals surface area (Å²) in [6, 6.07) is 51.6. The van der Waals surface area contributed by atoms with Crippen LogP contribution in [0.5, 0.6) is 0 Å². The predicted molar refractivity (Wildman–Crippen MR) is 189 cm³/mol. The molecule has 6 aromatic carbocycles. The summed E-state index contributed by atoms with van der Waals surface area (Å²) >= 11 is 1.77. The minimum absolute atomic E-state index is 0.725. The van der Waals surface area contributed by atoms with Gasteiger partial charge in [0.1, 0.15) is 0 Å². The highest BCUT2D eigenvalue weighted by molar-refractivity contribution is 7.26. The first-order valence-electron chi connectivity index (χ1n) is 15.1. The van der Waals surface area contributed by atoms with Crippen molar-refractivity contribution in [1.29, 1.82) is 0 Å². The Hall–Kier alpha value is -5.78. The van der Waals surface area contributed by atoms with Crippen LogP contribution in [0.2, 0.25) is 0 Å². The first-order valence-corrected chi connectivity index (χ1v) is 15.9. The maximum Gasteiger partial charge on any atom is 0.162 e. The van der Waals surface area contributed by atoms with E-state index in [0.717, 1.165) is 49.5 Å². The van der Waals surface area contributed by atoms with Gasteiger partial charge in [-0.3, -0.25) is 4.57 Å². The van der Waals surface area contributed by atoms with Crippen molar-refractivity contribution in [1.82, 2.24) is 19.1 Å². The molecule has 0 aliphatic rings. The van der Waals surface area contributed by atoms with Crippen molar-refractivity contribution in [2.75, 3.05) is 0 Å². The maximum atomic E-state index is 5.43. The Morgan fingerprint density at radius 2 is 1.00 bits per heavy atom. The number of thiophene rings is 1. The quantitative estimate of drug-likeness (QED) is 0.205. The maximum absolute atomic E-state index is 5.43. The third kappa shape index (κ3) is 3.47. The fraction of sp³-hybridized carbons (Fsp3) is 0. The van der Waals surface area contributed by atoms with Crippen LogP contribution in [0.15, 0.2) is 146 Å². The number of nitrogens with zero attached hydrogens (tertiary/aromatic N) is 4. The average Bonchev–Trinajstić information content (AvgIpc) is 3.76. The van der Waals surface area contributed by atoms with Crippen molar-refractivity contribution in [2.45, 2.75) is 0 Å². The lowest BCUT2D eigenvalue weighted by atomic mass is 10.1. The van der Waals surface area contributed by atoms with Gasteiger partial charge in [-0.25, -0.2) is 9.97 Å². The molecule has 0 unspecified atom stereocenters. The van der Waals surface area contributed by atoms with E-state index in [1.165, 1.54) is 37.3 Å². The largest absolute Gasteiger partial charge is 0.307 e. The van der Waals surface area contributed by atoms with Gasteiger partial charge in [-0.1, -0.05) is 115 Å². The van der Waals surface area contributed by atoms with Crippen molar-refractivity contribution in [3.8, 4) is 22.9 Å². The lowest BCUT2D eigenvalue weighted by molar-refractivity contribution is 1.08. The highest BCUT2D eigenvalue weighted by atomic mass is 32.1. The van der Waals surface area contributed by atoms with E-state index in [1.54, 1.807) is 11.3 Å². The molecule has 4 aromatic heterocycles. The number of hydrogen-bond acceptors (Lipinski definition) is 3. The van der Waals surface area contributed by atoms with Gasteiger partial charge in [-0.2, -0.15) is 0 Å². The molecule has 0 saturated heterocycles. The molecule has 45 heavy (non-hydrogen) atoms. The van der Waals surface area contributed by atoms with Crippen LogP contribution in [0.1, 0.15) is 0 Å². The van der Waals surface area contributed by atoms with E-state index in [9.17, 15) is 0 Å². The van der Waals surface area contributed by atoms with Crippen molar-refractivity contribution < 1.29 is 0 Å². The Balaban J connectivity index is 1.46. The lowest BCUT2D eigenvalue weighted by Gasteiger charge is -2.13. The van der Waals surface area contributed by atoms with Crippen LogP contribution in [0, 0.1) is 0 Å². The molecule has 10 rings (SSSR count). The summed E-state index contributed by atoms with van der Waals surface area (Å²) in [4.78, 5) is 10.6. The van der Waals surface area contributed by atoms with Gasteiger partial charge in [0, 0.05) is 42.9 Å². The summed E-state index contributed by atoms with van der Waals surface area (Å²) in [5, 5.41) is 6.01. The molecule has 0 saturated carbocycles. The number of benzene rings is 6. The molecule has 5 heteroatoms. The normalized spacial score (nSPS) is 12.0. The lowest BCUT2D eigenvalue weighted by Crippen LogP contribution is -2.03. The van der Waals surface area contributed by atoms with Crippen LogP contribution in [0.4, 0.5) is 0 Å². The summed E-state index contributed by atoms with van der Waals surface area (Å²) in [6.45, 7) is 0. The molecule has 0 atom stereocenters. The minimum Gasteiger partial charge on any atom is -0.307 e. The fourth-order valence-electron chi connectivity index (χ4n) is 7.01. The zero-order valence-electron chi connectivity index (χ0n) is 24.1. The van der Waals surface area contributed by atoms with Crippen molar-refractivity contribution in [3.05, 3.63) is 146 Å². The summed E-state index contributed by atoms with van der Waals surface area (Å²) in [5.41, 5.74) is 7.74. The van der Waals surface area contributed by atoms with Crippen LogP contribution >= 0.6 is 11.3 Å². The Bertz CT molecular complexity index is 2750. The van der Waals surface area contributed by atoms with E-state index in [2.05, 4.69) is 149 Å². The Labute approximate surface area is 262 Å². The monoisotopic (exact) mass is 592 g/mol. The molecule has 0 bridgehead atoms. The Morgan fingerprint density at radius 3 is 1.71 bits per heavy atom. The van der Waals surface area contributed by atoms with Crippen molar-refractivity contribution in [3.63, 3.8) is 0 Å². The van der Waals surface area contributed by atoms with Gasteiger partial charge >= 0.3 is 0 Å². The molecule has 210 valence electrons. The molecule has 0 fully saturated rings. The number of para-hydroxylation sites is 3. The van der Waals surface area contributed by atoms with Crippen LogP contribution in [0.25, 0.3) is 86.8 Å². The zero-order valence-corrected chi connectivity index (χ0v) is 24.9. The molecule has 0 amide bonds. The molecule has 0 aliphatic carbocycles. The van der Waals surface area contributed by atoms with Gasteiger partial charge in [-0.15, -0.1) is 11.3 Å². The molecule has 0 radical (unpaired) electrons. The van der Waals surface area contributed by atoms with Gasteiger partial charge in [0.25, 0.3) is 0 Å². The van der Waals surface area contributed by atoms with Crippen LogP contribution in [0.3, 0.4) is 0 Å². The summed E-state index contributed by atoms with van der Waals surface area (Å²) in [5.74, 6) is 1.63. The number of rotatable bonds is 3. The van der Waals surface area contributed by atoms with E-state index >= 15 is 0 Å².